The number of carbonyl (C=O) groups excluding carboxylic acids is 5. The van der Waals surface area contributed by atoms with Gasteiger partial charge in [0.05, 0.1) is 6.42 Å². The Morgan fingerprint density at radius 1 is 1.03 bits per heavy atom. The van der Waals surface area contributed by atoms with Crippen molar-refractivity contribution in [2.24, 2.45) is 5.92 Å². The van der Waals surface area contributed by atoms with Gasteiger partial charge in [-0.2, -0.15) is 0 Å². The van der Waals surface area contributed by atoms with Gasteiger partial charge in [0, 0.05) is 29.8 Å². The standard InChI is InChI=1S/C25H33N5O6S2/c1-15(2)22-25(35)27-13-21(32)36-17-8-4-6-10-37-38-14-19(24(34)30-22)29-23(33)18(28-20(31)12-17)11-16-7-3-5-9-26-16/h3-5,7-9,15,17-19,22H,6,10-14H2,1-2H3,(H,27,35)(H,28,31)(H,29,33)(H,30,34)/b8-4+/t17-,18-,19+,22-/m1/s1. The van der Waals surface area contributed by atoms with E-state index in [1.54, 1.807) is 44.3 Å². The monoisotopic (exact) mass is 563 g/mol. The summed E-state index contributed by atoms with van der Waals surface area (Å²) >= 11 is 0. The first-order valence-corrected chi connectivity index (χ1v) is 14.9. The van der Waals surface area contributed by atoms with Crippen LogP contribution < -0.4 is 21.3 Å². The van der Waals surface area contributed by atoms with Crippen LogP contribution >= 0.6 is 21.6 Å². The van der Waals surface area contributed by atoms with Crippen molar-refractivity contribution in [3.8, 4) is 0 Å². The summed E-state index contributed by atoms with van der Waals surface area (Å²) in [5, 5.41) is 10.7. The van der Waals surface area contributed by atoms with Crippen LogP contribution in [0.25, 0.3) is 0 Å². The van der Waals surface area contributed by atoms with Crippen LogP contribution in [0.5, 0.6) is 0 Å². The summed E-state index contributed by atoms with van der Waals surface area (Å²) in [6, 6.07) is 2.31. The van der Waals surface area contributed by atoms with E-state index < -0.39 is 60.4 Å². The second-order valence-electron chi connectivity index (χ2n) is 9.21. The van der Waals surface area contributed by atoms with Crippen LogP contribution in [0.4, 0.5) is 0 Å². The highest BCUT2D eigenvalue weighted by atomic mass is 33.1. The van der Waals surface area contributed by atoms with Crippen LogP contribution in [0, 0.1) is 5.92 Å². The van der Waals surface area contributed by atoms with Crippen molar-refractivity contribution in [3.63, 3.8) is 0 Å². The minimum absolute atomic E-state index is 0.0892. The fourth-order valence-electron chi connectivity index (χ4n) is 3.79. The molecule has 1 aromatic rings. The Balaban J connectivity index is 1.98. The van der Waals surface area contributed by atoms with Crippen LogP contribution in [0.15, 0.2) is 36.5 Å². The Morgan fingerprint density at radius 3 is 2.58 bits per heavy atom. The van der Waals surface area contributed by atoms with E-state index in [0.29, 0.717) is 17.9 Å². The zero-order valence-electron chi connectivity index (χ0n) is 21.3. The Labute approximate surface area is 229 Å². The van der Waals surface area contributed by atoms with Crippen LogP contribution in [0.2, 0.25) is 0 Å². The van der Waals surface area contributed by atoms with Crippen LogP contribution in [-0.4, -0.2) is 76.9 Å². The molecule has 2 aliphatic heterocycles. The molecule has 2 bridgehead atoms. The van der Waals surface area contributed by atoms with E-state index in [-0.39, 0.29) is 24.5 Å². The first kappa shape index (κ1) is 29.5. The Hall–Kier alpha value is -3.06. The summed E-state index contributed by atoms with van der Waals surface area (Å²) in [7, 11) is 2.94. The first-order chi connectivity index (χ1) is 18.2. The molecule has 0 aromatic carbocycles. The number of aromatic nitrogens is 1. The normalized spacial score (nSPS) is 27.3. The minimum Gasteiger partial charge on any atom is -0.456 e. The number of nitrogens with one attached hydrogen (secondary N) is 4. The molecule has 1 fully saturated rings. The van der Waals surface area contributed by atoms with Crippen LogP contribution in [0.1, 0.15) is 32.4 Å². The maximum atomic E-state index is 13.4. The number of amides is 4. The van der Waals surface area contributed by atoms with Gasteiger partial charge in [0.1, 0.15) is 30.8 Å². The number of carbonyl (C=O) groups is 5. The lowest BCUT2D eigenvalue weighted by atomic mass is 10.0. The second-order valence-corrected chi connectivity index (χ2v) is 11.8. The van der Waals surface area contributed by atoms with Gasteiger partial charge >= 0.3 is 5.97 Å². The molecule has 3 heterocycles. The van der Waals surface area contributed by atoms with Gasteiger partial charge in [0.25, 0.3) is 0 Å². The molecule has 4 amide bonds. The zero-order valence-corrected chi connectivity index (χ0v) is 22.9. The summed E-state index contributed by atoms with van der Waals surface area (Å²) < 4.78 is 5.47. The molecule has 38 heavy (non-hydrogen) atoms. The number of fused-ring (bicyclic) bond motifs is 7. The van der Waals surface area contributed by atoms with E-state index in [0.717, 1.165) is 0 Å². The average Bonchev–Trinajstić information content (AvgIpc) is 2.88. The molecule has 3 rings (SSSR count). The minimum atomic E-state index is -1.03. The Bertz CT molecular complexity index is 1040. The third-order valence-corrected chi connectivity index (χ3v) is 8.23. The van der Waals surface area contributed by atoms with Crippen molar-refractivity contribution in [1.29, 1.82) is 0 Å². The highest BCUT2D eigenvalue weighted by Crippen LogP contribution is 2.23. The van der Waals surface area contributed by atoms with E-state index in [2.05, 4.69) is 26.3 Å². The van der Waals surface area contributed by atoms with Crippen molar-refractivity contribution >= 4 is 51.2 Å². The lowest BCUT2D eigenvalue weighted by molar-refractivity contribution is -0.148. The molecular weight excluding hydrogens is 530 g/mol. The molecule has 2 aliphatic rings. The Kier molecular flexibility index (Phi) is 11.5. The second kappa shape index (κ2) is 14.8. The number of pyridine rings is 1. The molecule has 0 spiro atoms. The van der Waals surface area contributed by atoms with Gasteiger partial charge < -0.3 is 26.0 Å². The molecular formula is C25H33N5O6S2. The van der Waals surface area contributed by atoms with Gasteiger partial charge in [0.2, 0.25) is 23.6 Å². The lowest BCUT2D eigenvalue weighted by Crippen LogP contribution is -2.59. The summed E-state index contributed by atoms with van der Waals surface area (Å²) in [5.41, 5.74) is 0.575. The van der Waals surface area contributed by atoms with E-state index in [1.807, 2.05) is 6.08 Å². The maximum Gasteiger partial charge on any atom is 0.326 e. The van der Waals surface area contributed by atoms with Crippen LogP contribution in [-0.2, 0) is 35.1 Å². The molecule has 4 N–H and O–H groups in total. The maximum absolute atomic E-state index is 13.4. The van der Waals surface area contributed by atoms with Crippen molar-refractivity contribution < 1.29 is 28.7 Å². The summed E-state index contributed by atoms with van der Waals surface area (Å²) in [6.45, 7) is 3.11. The highest BCUT2D eigenvalue weighted by Gasteiger charge is 2.32. The van der Waals surface area contributed by atoms with Crippen molar-refractivity contribution in [3.05, 3.63) is 42.2 Å². The summed E-state index contributed by atoms with van der Waals surface area (Å²) in [4.78, 5) is 69.3. The van der Waals surface area contributed by atoms with Gasteiger partial charge in [-0.25, -0.2) is 0 Å². The average molecular weight is 564 g/mol. The van der Waals surface area contributed by atoms with E-state index in [1.165, 1.54) is 21.6 Å². The predicted octanol–water partition coefficient (Wildman–Crippen LogP) is 0.508. The molecule has 206 valence electrons. The third kappa shape index (κ3) is 9.35. The molecule has 4 atom stereocenters. The predicted molar refractivity (Wildman–Crippen MR) is 145 cm³/mol. The first-order valence-electron chi connectivity index (χ1n) is 12.4. The van der Waals surface area contributed by atoms with Gasteiger partial charge in [-0.15, -0.1) is 0 Å². The van der Waals surface area contributed by atoms with E-state index in [4.69, 9.17) is 4.74 Å². The number of ether oxygens (including phenoxy) is 1. The fraction of sp³-hybridized carbons (Fsp3) is 0.520. The van der Waals surface area contributed by atoms with Crippen molar-refractivity contribution in [1.82, 2.24) is 26.3 Å². The Morgan fingerprint density at radius 2 is 1.84 bits per heavy atom. The number of esters is 1. The SMILES string of the molecule is CC(C)[C@H]1NC(=O)[C@@H]2CSSCC/C=C/[C@H](CC(=O)N[C@H](Cc3ccccn3)C(=O)N2)OC(=O)CNC1=O. The molecule has 0 aliphatic carbocycles. The smallest absolute Gasteiger partial charge is 0.326 e. The van der Waals surface area contributed by atoms with Crippen molar-refractivity contribution in [2.45, 2.75) is 57.3 Å². The molecule has 0 unspecified atom stereocenters. The molecule has 0 radical (unpaired) electrons. The van der Waals surface area contributed by atoms with Gasteiger partial charge in [-0.3, -0.25) is 29.0 Å². The lowest BCUT2D eigenvalue weighted by Gasteiger charge is -2.27. The third-order valence-electron chi connectivity index (χ3n) is 5.78. The summed E-state index contributed by atoms with van der Waals surface area (Å²) in [5.74, 6) is -2.24. The van der Waals surface area contributed by atoms with Gasteiger partial charge in [0.15, 0.2) is 0 Å². The topological polar surface area (TPSA) is 156 Å². The molecule has 1 saturated heterocycles. The van der Waals surface area contributed by atoms with Gasteiger partial charge in [-0.05, 0) is 30.5 Å². The number of allylic oxidation sites excluding steroid dienone is 1. The molecule has 1 aromatic heterocycles. The highest BCUT2D eigenvalue weighted by molar-refractivity contribution is 8.76. The van der Waals surface area contributed by atoms with Crippen molar-refractivity contribution in [2.75, 3.05) is 18.1 Å². The van der Waals surface area contributed by atoms with E-state index in [9.17, 15) is 24.0 Å². The number of rotatable bonds is 3. The number of hydrogen-bond donors (Lipinski definition) is 4. The fourth-order valence-corrected chi connectivity index (χ4v) is 5.94. The molecule has 0 saturated carbocycles. The van der Waals surface area contributed by atoms with Gasteiger partial charge in [-0.1, -0.05) is 47.6 Å². The molecule has 13 heteroatoms. The largest absolute Gasteiger partial charge is 0.456 e. The zero-order chi connectivity index (χ0) is 27.5. The number of hydrogen-bond acceptors (Lipinski definition) is 9. The quantitative estimate of drug-likeness (QED) is 0.234. The number of nitrogens with zero attached hydrogens (tertiary/aromatic N) is 1. The molecule has 11 nitrogen and oxygen atoms in total. The van der Waals surface area contributed by atoms with E-state index >= 15 is 0 Å². The summed E-state index contributed by atoms with van der Waals surface area (Å²) in [6.07, 6.45) is 4.67. The van der Waals surface area contributed by atoms with Crippen LogP contribution in [0.3, 0.4) is 0 Å².